The van der Waals surface area contributed by atoms with Gasteiger partial charge in [0, 0.05) is 36.5 Å². The van der Waals surface area contributed by atoms with E-state index in [1.165, 1.54) is 24.0 Å². The van der Waals surface area contributed by atoms with E-state index in [2.05, 4.69) is 20.4 Å². The Morgan fingerprint density at radius 3 is 2.65 bits per heavy atom. The summed E-state index contributed by atoms with van der Waals surface area (Å²) in [5.74, 6) is -2.57. The van der Waals surface area contributed by atoms with Crippen molar-refractivity contribution in [1.82, 2.24) is 19.6 Å². The van der Waals surface area contributed by atoms with E-state index < -0.39 is 32.1 Å². The maximum absolute atomic E-state index is 14.1. The van der Waals surface area contributed by atoms with Crippen LogP contribution in [0.15, 0.2) is 60.0 Å². The second-order valence-electron chi connectivity index (χ2n) is 6.73. The average molecular weight is 443 g/mol. The second kappa shape index (κ2) is 7.84. The van der Waals surface area contributed by atoms with Gasteiger partial charge in [0.2, 0.25) is 5.91 Å². The Morgan fingerprint density at radius 2 is 1.90 bits per heavy atom. The van der Waals surface area contributed by atoms with Crippen molar-refractivity contribution >= 4 is 27.2 Å². The largest absolute Gasteiger partial charge is 0.311 e. The molecule has 0 atom stereocenters. The minimum atomic E-state index is -4.15. The monoisotopic (exact) mass is 443 g/mol. The summed E-state index contributed by atoms with van der Waals surface area (Å²) in [5.41, 5.74) is 1.78. The van der Waals surface area contributed by atoms with Crippen molar-refractivity contribution in [3.63, 3.8) is 0 Å². The van der Waals surface area contributed by atoms with Crippen LogP contribution in [0.4, 0.5) is 14.6 Å². The van der Waals surface area contributed by atoms with Crippen LogP contribution in [-0.4, -0.2) is 33.9 Å². The maximum Gasteiger partial charge on any atom is 0.222 e. The van der Waals surface area contributed by atoms with Crippen LogP contribution in [0.1, 0.15) is 12.5 Å². The summed E-state index contributed by atoms with van der Waals surface area (Å²) in [4.78, 5) is 18.8. The van der Waals surface area contributed by atoms with Crippen LogP contribution in [0.5, 0.6) is 0 Å². The number of carbonyl (C=O) groups excluding carboxylic acids is 1. The van der Waals surface area contributed by atoms with Gasteiger partial charge in [-0.3, -0.25) is 4.79 Å². The number of aromatic nitrogens is 4. The van der Waals surface area contributed by atoms with Gasteiger partial charge in [-0.1, -0.05) is 0 Å². The Kier molecular flexibility index (Phi) is 5.19. The molecule has 4 rings (SSSR count). The highest BCUT2D eigenvalue weighted by Crippen LogP contribution is 2.27. The van der Waals surface area contributed by atoms with Crippen LogP contribution < -0.4 is 5.32 Å². The summed E-state index contributed by atoms with van der Waals surface area (Å²) in [6.45, 7) is 1.35. The number of hydrogen-bond donors (Lipinski definition) is 1. The number of fused-ring (bicyclic) bond motifs is 1. The van der Waals surface area contributed by atoms with Crippen LogP contribution in [0.3, 0.4) is 0 Å². The van der Waals surface area contributed by atoms with E-state index in [0.717, 1.165) is 12.1 Å². The lowest BCUT2D eigenvalue weighted by Crippen LogP contribution is -2.09. The van der Waals surface area contributed by atoms with Gasteiger partial charge in [-0.15, -0.1) is 0 Å². The summed E-state index contributed by atoms with van der Waals surface area (Å²) < 4.78 is 54.4. The molecule has 0 saturated heterocycles. The lowest BCUT2D eigenvalue weighted by molar-refractivity contribution is -0.114. The number of rotatable bonds is 5. The Labute approximate surface area is 175 Å². The maximum atomic E-state index is 14.1. The van der Waals surface area contributed by atoms with Crippen molar-refractivity contribution in [2.75, 3.05) is 5.32 Å². The zero-order valence-corrected chi connectivity index (χ0v) is 16.9. The molecule has 0 aliphatic heterocycles. The number of carbonyl (C=O) groups is 1. The molecule has 0 bridgehead atoms. The molecule has 0 saturated carbocycles. The number of anilines is 1. The highest BCUT2D eigenvalue weighted by atomic mass is 32.2. The van der Waals surface area contributed by atoms with Crippen LogP contribution in [0.25, 0.3) is 16.8 Å². The Balaban J connectivity index is 1.79. The van der Waals surface area contributed by atoms with Gasteiger partial charge in [0.25, 0.3) is 0 Å². The average Bonchev–Trinajstić information content (AvgIpc) is 3.16. The first kappa shape index (κ1) is 20.5. The van der Waals surface area contributed by atoms with E-state index >= 15 is 0 Å². The third-order valence-corrected chi connectivity index (χ3v) is 6.12. The summed E-state index contributed by atoms with van der Waals surface area (Å²) in [6, 6.07) is 7.21. The van der Waals surface area contributed by atoms with E-state index in [1.54, 1.807) is 24.4 Å². The lowest BCUT2D eigenvalue weighted by Gasteiger charge is -2.10. The van der Waals surface area contributed by atoms with Crippen molar-refractivity contribution in [3.8, 4) is 11.1 Å². The van der Waals surface area contributed by atoms with Gasteiger partial charge in [0.1, 0.15) is 28.7 Å². The van der Waals surface area contributed by atoms with E-state index in [0.29, 0.717) is 23.0 Å². The third kappa shape index (κ3) is 4.26. The van der Waals surface area contributed by atoms with E-state index in [9.17, 15) is 22.0 Å². The Morgan fingerprint density at radius 1 is 1.10 bits per heavy atom. The van der Waals surface area contributed by atoms with E-state index in [-0.39, 0.29) is 17.1 Å². The normalized spacial score (nSPS) is 11.6. The van der Waals surface area contributed by atoms with Crippen molar-refractivity contribution < 1.29 is 22.0 Å². The predicted molar refractivity (Wildman–Crippen MR) is 108 cm³/mol. The molecule has 0 spiro atoms. The van der Waals surface area contributed by atoms with Crippen molar-refractivity contribution in [2.24, 2.45) is 0 Å². The first-order chi connectivity index (χ1) is 14.7. The minimum Gasteiger partial charge on any atom is -0.311 e. The van der Waals surface area contributed by atoms with Gasteiger partial charge in [-0.05, 0) is 35.9 Å². The quantitative estimate of drug-likeness (QED) is 0.476. The van der Waals surface area contributed by atoms with Gasteiger partial charge in [0.05, 0.1) is 5.75 Å². The predicted octanol–water partition coefficient (Wildman–Crippen LogP) is 3.00. The Hall–Kier alpha value is -3.73. The molecular formula is C20H15F2N5O3S. The molecule has 0 aliphatic carbocycles. The highest BCUT2D eigenvalue weighted by molar-refractivity contribution is 7.90. The summed E-state index contributed by atoms with van der Waals surface area (Å²) in [7, 11) is -4.15. The second-order valence-corrected chi connectivity index (χ2v) is 8.69. The van der Waals surface area contributed by atoms with E-state index in [1.807, 2.05) is 0 Å². The number of hydrogen-bond acceptors (Lipinski definition) is 6. The molecule has 1 aromatic carbocycles. The molecule has 31 heavy (non-hydrogen) atoms. The number of amides is 1. The SMILES string of the molecule is CC(=O)Nc1cc(-c2cc(CS(=O)(=O)c3ccc(F)cc3F)c3ncnn3c2)ccn1. The number of sulfone groups is 1. The zero-order chi connectivity index (χ0) is 22.2. The van der Waals surface area contributed by atoms with Crippen molar-refractivity contribution in [1.29, 1.82) is 0 Å². The zero-order valence-electron chi connectivity index (χ0n) is 16.1. The first-order valence-corrected chi connectivity index (χ1v) is 10.6. The molecule has 158 valence electrons. The molecule has 1 amide bonds. The van der Waals surface area contributed by atoms with Gasteiger partial charge in [-0.2, -0.15) is 5.10 Å². The van der Waals surface area contributed by atoms with Crippen molar-refractivity contribution in [3.05, 3.63) is 72.3 Å². The molecule has 1 N–H and O–H groups in total. The van der Waals surface area contributed by atoms with Gasteiger partial charge < -0.3 is 5.32 Å². The fourth-order valence-electron chi connectivity index (χ4n) is 3.13. The third-order valence-electron chi connectivity index (χ3n) is 4.42. The smallest absolute Gasteiger partial charge is 0.222 e. The molecule has 0 aliphatic rings. The molecule has 3 aromatic heterocycles. The molecule has 8 nitrogen and oxygen atoms in total. The first-order valence-electron chi connectivity index (χ1n) is 8.97. The molecule has 3 heterocycles. The number of nitrogens with zero attached hydrogens (tertiary/aromatic N) is 4. The molecule has 0 fully saturated rings. The van der Waals surface area contributed by atoms with E-state index in [4.69, 9.17) is 0 Å². The standard InChI is InChI=1S/C20H15F2N5O3S/c1-12(28)26-19-7-13(4-5-23-19)14-6-15(20-24-11-25-27(20)9-14)10-31(29,30)18-3-2-16(21)8-17(18)22/h2-9,11H,10H2,1H3,(H,23,26,28). The summed E-state index contributed by atoms with van der Waals surface area (Å²) >= 11 is 0. The van der Waals surface area contributed by atoms with Crippen molar-refractivity contribution in [2.45, 2.75) is 17.6 Å². The summed E-state index contributed by atoms with van der Waals surface area (Å²) in [6.07, 6.45) is 4.41. The number of pyridine rings is 2. The minimum absolute atomic E-state index is 0.275. The Bertz CT molecular complexity index is 1420. The fourth-order valence-corrected chi connectivity index (χ4v) is 4.54. The van der Waals surface area contributed by atoms with Crippen LogP contribution in [0.2, 0.25) is 0 Å². The van der Waals surface area contributed by atoms with Crippen LogP contribution in [0, 0.1) is 11.6 Å². The topological polar surface area (TPSA) is 106 Å². The van der Waals surface area contributed by atoms with Gasteiger partial charge >= 0.3 is 0 Å². The number of benzene rings is 1. The molecule has 0 radical (unpaired) electrons. The lowest BCUT2D eigenvalue weighted by atomic mass is 10.1. The molecule has 0 unspecified atom stereocenters. The molecule has 11 heteroatoms. The fraction of sp³-hybridized carbons (Fsp3) is 0.100. The highest BCUT2D eigenvalue weighted by Gasteiger charge is 2.23. The van der Waals surface area contributed by atoms with Gasteiger partial charge in [0.15, 0.2) is 15.5 Å². The molecular weight excluding hydrogens is 428 g/mol. The number of halogens is 2. The molecule has 4 aromatic rings. The van der Waals surface area contributed by atoms with Crippen LogP contribution >= 0.6 is 0 Å². The summed E-state index contributed by atoms with van der Waals surface area (Å²) in [5, 5.41) is 6.65. The van der Waals surface area contributed by atoms with Crippen LogP contribution in [-0.2, 0) is 20.4 Å². The number of nitrogens with one attached hydrogen (secondary N) is 1. The van der Waals surface area contributed by atoms with Gasteiger partial charge in [-0.25, -0.2) is 31.7 Å².